The zero-order valence-electron chi connectivity index (χ0n) is 20.3. The van der Waals surface area contributed by atoms with E-state index in [2.05, 4.69) is 29.4 Å². The van der Waals surface area contributed by atoms with Crippen LogP contribution in [0.4, 0.5) is 9.93 Å². The van der Waals surface area contributed by atoms with Gasteiger partial charge in [0.1, 0.15) is 4.21 Å². The van der Waals surface area contributed by atoms with Crippen LogP contribution in [0.3, 0.4) is 0 Å². The molecule has 0 saturated heterocycles. The first-order valence-corrected chi connectivity index (χ1v) is 15.1. The molecular formula is C24H33N3O5S3. The quantitative estimate of drug-likeness (QED) is 0.402. The molecule has 2 N–H and O–H groups in total. The Morgan fingerprint density at radius 1 is 1.20 bits per heavy atom. The number of aliphatic carboxylic acids is 1. The standard InChI is InChI=1S/C24H33N3O5S3/c1-17-9-11-19(12-10-17)27(13-14-33-16-18-7-5-4-6-8-18)23(30)26-22-25-15-20(34-22)35(31,32)24(2,3)21(28)29/h4-8,15,17,19H,9-14,16H2,1-3H3,(H,28,29)(H,25,26,30). The number of carboxylic acids is 1. The second kappa shape index (κ2) is 11.7. The highest BCUT2D eigenvalue weighted by Crippen LogP contribution is 2.32. The third kappa shape index (κ3) is 6.77. The Morgan fingerprint density at radius 2 is 1.86 bits per heavy atom. The van der Waals surface area contributed by atoms with Crippen LogP contribution in [0.5, 0.6) is 0 Å². The highest BCUT2D eigenvalue weighted by Gasteiger charge is 2.44. The Balaban J connectivity index is 1.67. The molecule has 2 aromatic rings. The van der Waals surface area contributed by atoms with Crippen molar-refractivity contribution in [3.8, 4) is 0 Å². The van der Waals surface area contributed by atoms with Crippen LogP contribution >= 0.6 is 23.1 Å². The summed E-state index contributed by atoms with van der Waals surface area (Å²) in [5.74, 6) is 0.846. The lowest BCUT2D eigenvalue weighted by Gasteiger charge is -2.36. The molecule has 1 aromatic carbocycles. The molecule has 2 amide bonds. The molecule has 35 heavy (non-hydrogen) atoms. The van der Waals surface area contributed by atoms with Crippen LogP contribution < -0.4 is 5.32 Å². The first-order valence-electron chi connectivity index (χ1n) is 11.7. The number of nitrogens with zero attached hydrogens (tertiary/aromatic N) is 2. The molecule has 1 aromatic heterocycles. The number of carbonyl (C=O) groups excluding carboxylic acids is 1. The number of carbonyl (C=O) groups is 2. The Hall–Kier alpha value is -2.11. The monoisotopic (exact) mass is 539 g/mol. The van der Waals surface area contributed by atoms with Crippen molar-refractivity contribution < 1.29 is 23.1 Å². The maximum Gasteiger partial charge on any atom is 0.324 e. The SMILES string of the molecule is CC1CCC(N(CCSCc2ccccc2)C(=O)Nc2ncc(S(=O)(=O)C(C)(C)C(=O)O)s2)CC1. The van der Waals surface area contributed by atoms with Gasteiger partial charge in [-0.2, -0.15) is 11.8 Å². The zero-order chi connectivity index (χ0) is 25.6. The number of anilines is 1. The molecule has 1 aliphatic carbocycles. The van der Waals surface area contributed by atoms with Gasteiger partial charge in [-0.05, 0) is 51.0 Å². The van der Waals surface area contributed by atoms with E-state index in [0.717, 1.165) is 68.6 Å². The fourth-order valence-electron chi connectivity index (χ4n) is 3.90. The van der Waals surface area contributed by atoms with Gasteiger partial charge in [0.2, 0.25) is 9.84 Å². The number of aromatic nitrogens is 1. The lowest BCUT2D eigenvalue weighted by molar-refractivity contribution is -0.139. The molecule has 0 unspecified atom stereocenters. The summed E-state index contributed by atoms with van der Waals surface area (Å²) >= 11 is 2.54. The van der Waals surface area contributed by atoms with E-state index in [1.165, 1.54) is 5.56 Å². The van der Waals surface area contributed by atoms with Gasteiger partial charge in [-0.25, -0.2) is 18.2 Å². The number of benzene rings is 1. The lowest BCUT2D eigenvalue weighted by Crippen LogP contribution is -2.45. The second-order valence-electron chi connectivity index (χ2n) is 9.38. The molecule has 1 saturated carbocycles. The van der Waals surface area contributed by atoms with E-state index in [9.17, 15) is 23.1 Å². The number of urea groups is 1. The molecule has 0 spiro atoms. The summed E-state index contributed by atoms with van der Waals surface area (Å²) in [5, 5.41) is 12.2. The van der Waals surface area contributed by atoms with Gasteiger partial charge in [-0.15, -0.1) is 0 Å². The number of thiazole rings is 1. The van der Waals surface area contributed by atoms with Crippen molar-refractivity contribution in [2.24, 2.45) is 5.92 Å². The van der Waals surface area contributed by atoms with Crippen LogP contribution in [0.2, 0.25) is 0 Å². The first-order chi connectivity index (χ1) is 16.5. The highest BCUT2D eigenvalue weighted by molar-refractivity contribution is 7.98. The van der Waals surface area contributed by atoms with Crippen LogP contribution in [0.1, 0.15) is 52.0 Å². The fourth-order valence-corrected chi connectivity index (χ4v) is 7.57. The predicted octanol–water partition coefficient (Wildman–Crippen LogP) is 5.13. The summed E-state index contributed by atoms with van der Waals surface area (Å²) < 4.78 is 23.3. The topological polar surface area (TPSA) is 117 Å². The molecule has 1 aliphatic rings. The molecule has 0 atom stereocenters. The van der Waals surface area contributed by atoms with E-state index in [4.69, 9.17) is 0 Å². The van der Waals surface area contributed by atoms with E-state index in [-0.39, 0.29) is 21.4 Å². The maximum atomic E-state index is 13.3. The summed E-state index contributed by atoms with van der Waals surface area (Å²) in [5.41, 5.74) is 1.24. The van der Waals surface area contributed by atoms with Crippen LogP contribution in [0, 0.1) is 5.92 Å². The minimum atomic E-state index is -4.16. The third-order valence-corrected chi connectivity index (χ3v) is 11.2. The van der Waals surface area contributed by atoms with Crippen molar-refractivity contribution in [1.82, 2.24) is 9.88 Å². The van der Waals surface area contributed by atoms with E-state index < -0.39 is 20.6 Å². The van der Waals surface area contributed by atoms with Crippen LogP contribution in [0.15, 0.2) is 40.7 Å². The number of amides is 2. The molecule has 192 valence electrons. The van der Waals surface area contributed by atoms with Crippen molar-refractivity contribution in [3.63, 3.8) is 0 Å². The lowest BCUT2D eigenvalue weighted by atomic mass is 9.86. The highest BCUT2D eigenvalue weighted by atomic mass is 32.2. The number of hydrogen-bond acceptors (Lipinski definition) is 7. The van der Waals surface area contributed by atoms with Crippen molar-refractivity contribution in [3.05, 3.63) is 42.1 Å². The van der Waals surface area contributed by atoms with Gasteiger partial charge in [-0.1, -0.05) is 48.6 Å². The minimum Gasteiger partial charge on any atom is -0.480 e. The van der Waals surface area contributed by atoms with Gasteiger partial charge in [0.05, 0.1) is 6.20 Å². The number of nitrogens with one attached hydrogen (secondary N) is 1. The predicted molar refractivity (Wildman–Crippen MR) is 141 cm³/mol. The van der Waals surface area contributed by atoms with Gasteiger partial charge in [-0.3, -0.25) is 10.1 Å². The van der Waals surface area contributed by atoms with Crippen molar-refractivity contribution >= 4 is 50.1 Å². The van der Waals surface area contributed by atoms with Gasteiger partial charge >= 0.3 is 12.0 Å². The number of hydrogen-bond donors (Lipinski definition) is 2. The fraction of sp³-hybridized carbons (Fsp3) is 0.542. The summed E-state index contributed by atoms with van der Waals surface area (Å²) in [6, 6.07) is 10.00. The largest absolute Gasteiger partial charge is 0.480 e. The van der Waals surface area contributed by atoms with E-state index in [1.807, 2.05) is 23.1 Å². The van der Waals surface area contributed by atoms with Crippen molar-refractivity contribution in [2.75, 3.05) is 17.6 Å². The molecule has 1 fully saturated rings. The van der Waals surface area contributed by atoms with E-state index in [1.54, 1.807) is 11.8 Å². The van der Waals surface area contributed by atoms with Crippen molar-refractivity contribution in [2.45, 2.75) is 67.2 Å². The average Bonchev–Trinajstić information content (AvgIpc) is 3.29. The van der Waals surface area contributed by atoms with Gasteiger partial charge in [0.25, 0.3) is 0 Å². The average molecular weight is 540 g/mol. The van der Waals surface area contributed by atoms with Gasteiger partial charge in [0.15, 0.2) is 9.88 Å². The van der Waals surface area contributed by atoms with E-state index >= 15 is 0 Å². The second-order valence-corrected chi connectivity index (χ2v) is 14.2. The first kappa shape index (κ1) is 27.5. The molecule has 8 nitrogen and oxygen atoms in total. The summed E-state index contributed by atoms with van der Waals surface area (Å²) in [7, 11) is -4.16. The van der Waals surface area contributed by atoms with Gasteiger partial charge < -0.3 is 10.0 Å². The summed E-state index contributed by atoms with van der Waals surface area (Å²) in [4.78, 5) is 30.6. The minimum absolute atomic E-state index is 0.123. The summed E-state index contributed by atoms with van der Waals surface area (Å²) in [6.45, 7) is 5.08. The Kier molecular flexibility index (Phi) is 9.22. The molecule has 1 heterocycles. The summed E-state index contributed by atoms with van der Waals surface area (Å²) in [6.07, 6.45) is 5.11. The molecule has 0 bridgehead atoms. The normalized spacial score (nSPS) is 18.7. The molecule has 0 radical (unpaired) electrons. The molecular weight excluding hydrogens is 506 g/mol. The zero-order valence-corrected chi connectivity index (χ0v) is 22.7. The Bertz CT molecular complexity index is 1110. The number of thioether (sulfide) groups is 1. The number of carboxylic acid groups (broad SMARTS) is 1. The molecule has 11 heteroatoms. The maximum absolute atomic E-state index is 13.3. The number of sulfone groups is 1. The van der Waals surface area contributed by atoms with E-state index in [0.29, 0.717) is 12.5 Å². The molecule has 0 aliphatic heterocycles. The number of rotatable bonds is 10. The Labute approximate surface area is 215 Å². The smallest absolute Gasteiger partial charge is 0.324 e. The van der Waals surface area contributed by atoms with Crippen LogP contribution in [0.25, 0.3) is 0 Å². The van der Waals surface area contributed by atoms with Crippen molar-refractivity contribution in [1.29, 1.82) is 0 Å². The Morgan fingerprint density at radius 3 is 2.49 bits per heavy atom. The third-order valence-electron chi connectivity index (χ3n) is 6.43. The van der Waals surface area contributed by atoms with Gasteiger partial charge in [0, 0.05) is 24.1 Å². The van der Waals surface area contributed by atoms with Crippen LogP contribution in [-0.2, 0) is 20.4 Å². The van der Waals surface area contributed by atoms with Crippen LogP contribution in [-0.4, -0.2) is 58.5 Å². The molecule has 3 rings (SSSR count).